The molecule has 2 N–H and O–H groups in total. The summed E-state index contributed by atoms with van der Waals surface area (Å²) in [7, 11) is 2.13. The fourth-order valence-electron chi connectivity index (χ4n) is 1.63. The summed E-state index contributed by atoms with van der Waals surface area (Å²) in [5, 5.41) is 2.12. The number of hydrogen-bond donors (Lipinski definition) is 1. The molecular weight excluding hydrogens is 272 g/mol. The zero-order chi connectivity index (χ0) is 11.3. The van der Waals surface area contributed by atoms with Crippen molar-refractivity contribution in [3.05, 3.63) is 20.8 Å². The molecular formula is C11H19BrN2S. The molecule has 1 unspecified atom stereocenters. The van der Waals surface area contributed by atoms with Crippen LogP contribution in [0.2, 0.25) is 0 Å². The maximum Gasteiger partial charge on any atom is 0.0325 e. The molecule has 0 aromatic carbocycles. The number of nitrogens with zero attached hydrogens (tertiary/aromatic N) is 1. The largest absolute Gasteiger partial charge is 0.327 e. The van der Waals surface area contributed by atoms with Crippen LogP contribution in [-0.2, 0) is 6.54 Å². The SMILES string of the molecule is CCCC(N)CN(C)Cc1cc(Br)cs1. The van der Waals surface area contributed by atoms with Gasteiger partial charge in [-0.05, 0) is 35.5 Å². The van der Waals surface area contributed by atoms with Crippen molar-refractivity contribution in [2.45, 2.75) is 32.4 Å². The molecule has 1 heterocycles. The fraction of sp³-hybridized carbons (Fsp3) is 0.636. The Balaban J connectivity index is 2.32. The molecule has 0 fully saturated rings. The summed E-state index contributed by atoms with van der Waals surface area (Å²) in [5.41, 5.74) is 6.00. The Morgan fingerprint density at radius 3 is 2.87 bits per heavy atom. The molecule has 1 aromatic rings. The Morgan fingerprint density at radius 2 is 2.33 bits per heavy atom. The minimum absolute atomic E-state index is 0.309. The van der Waals surface area contributed by atoms with Crippen LogP contribution in [-0.4, -0.2) is 24.5 Å². The molecule has 1 rings (SSSR count). The first-order valence-corrected chi connectivity index (χ1v) is 6.96. The van der Waals surface area contributed by atoms with Gasteiger partial charge in [-0.15, -0.1) is 11.3 Å². The van der Waals surface area contributed by atoms with E-state index in [1.165, 1.54) is 15.8 Å². The van der Waals surface area contributed by atoms with Crippen molar-refractivity contribution < 1.29 is 0 Å². The van der Waals surface area contributed by atoms with E-state index in [-0.39, 0.29) is 0 Å². The molecule has 0 spiro atoms. The smallest absolute Gasteiger partial charge is 0.0325 e. The van der Waals surface area contributed by atoms with Gasteiger partial charge in [-0.3, -0.25) is 4.90 Å². The van der Waals surface area contributed by atoms with Gasteiger partial charge in [0.05, 0.1) is 0 Å². The molecule has 1 aromatic heterocycles. The lowest BCUT2D eigenvalue weighted by Crippen LogP contribution is -2.34. The van der Waals surface area contributed by atoms with Gasteiger partial charge in [-0.25, -0.2) is 0 Å². The predicted octanol–water partition coefficient (Wildman–Crippen LogP) is 3.07. The number of likely N-dealkylation sites (N-methyl/N-ethyl adjacent to an activating group) is 1. The van der Waals surface area contributed by atoms with Crippen molar-refractivity contribution in [2.24, 2.45) is 5.73 Å². The second-order valence-electron chi connectivity index (χ2n) is 3.98. The van der Waals surface area contributed by atoms with E-state index >= 15 is 0 Å². The van der Waals surface area contributed by atoms with Crippen LogP contribution in [0.15, 0.2) is 15.9 Å². The Hall–Kier alpha value is 0.1000. The zero-order valence-corrected chi connectivity index (χ0v) is 11.8. The molecule has 0 saturated heterocycles. The van der Waals surface area contributed by atoms with Gasteiger partial charge < -0.3 is 5.73 Å². The first-order valence-electron chi connectivity index (χ1n) is 5.28. The summed E-state index contributed by atoms with van der Waals surface area (Å²) in [4.78, 5) is 3.67. The second kappa shape index (κ2) is 6.63. The molecule has 2 nitrogen and oxygen atoms in total. The van der Waals surface area contributed by atoms with Crippen molar-refractivity contribution in [3.63, 3.8) is 0 Å². The van der Waals surface area contributed by atoms with Crippen LogP contribution in [0, 0.1) is 0 Å². The number of halogens is 1. The lowest BCUT2D eigenvalue weighted by molar-refractivity contribution is 0.299. The molecule has 0 aliphatic carbocycles. The highest BCUT2D eigenvalue weighted by atomic mass is 79.9. The van der Waals surface area contributed by atoms with Gasteiger partial charge in [0.2, 0.25) is 0 Å². The number of nitrogens with two attached hydrogens (primary N) is 1. The summed E-state index contributed by atoms with van der Waals surface area (Å²) in [6.45, 7) is 4.15. The van der Waals surface area contributed by atoms with Gasteiger partial charge in [-0.2, -0.15) is 0 Å². The maximum atomic E-state index is 6.00. The topological polar surface area (TPSA) is 29.3 Å². The van der Waals surface area contributed by atoms with Crippen molar-refractivity contribution in [2.75, 3.05) is 13.6 Å². The van der Waals surface area contributed by atoms with Crippen molar-refractivity contribution in [1.82, 2.24) is 4.90 Å². The molecule has 0 radical (unpaired) electrons. The Labute approximate surface area is 105 Å². The minimum Gasteiger partial charge on any atom is -0.327 e. The summed E-state index contributed by atoms with van der Waals surface area (Å²) < 4.78 is 1.17. The molecule has 86 valence electrons. The summed E-state index contributed by atoms with van der Waals surface area (Å²) in [5.74, 6) is 0. The van der Waals surface area contributed by atoms with E-state index in [0.717, 1.165) is 19.5 Å². The van der Waals surface area contributed by atoms with Crippen molar-refractivity contribution >= 4 is 27.3 Å². The average Bonchev–Trinajstić information content (AvgIpc) is 2.51. The normalized spacial score (nSPS) is 13.4. The van der Waals surface area contributed by atoms with Gasteiger partial charge in [0, 0.05) is 33.9 Å². The minimum atomic E-state index is 0.309. The lowest BCUT2D eigenvalue weighted by Gasteiger charge is -2.20. The molecule has 4 heteroatoms. The highest BCUT2D eigenvalue weighted by Gasteiger charge is 2.07. The van der Waals surface area contributed by atoms with E-state index in [2.05, 4.69) is 46.2 Å². The molecule has 1 atom stereocenters. The Kier molecular flexibility index (Phi) is 5.82. The molecule has 0 aliphatic heterocycles. The van der Waals surface area contributed by atoms with Crippen LogP contribution < -0.4 is 5.73 Å². The lowest BCUT2D eigenvalue weighted by atomic mass is 10.2. The molecule has 0 bridgehead atoms. The fourth-order valence-corrected chi connectivity index (χ4v) is 3.16. The van der Waals surface area contributed by atoms with E-state index in [4.69, 9.17) is 5.73 Å². The maximum absolute atomic E-state index is 6.00. The van der Waals surface area contributed by atoms with Crippen LogP contribution in [0.3, 0.4) is 0 Å². The van der Waals surface area contributed by atoms with Crippen LogP contribution in [0.25, 0.3) is 0 Å². The third-order valence-electron chi connectivity index (χ3n) is 2.25. The third kappa shape index (κ3) is 5.11. The van der Waals surface area contributed by atoms with Crippen LogP contribution >= 0.6 is 27.3 Å². The highest BCUT2D eigenvalue weighted by molar-refractivity contribution is 9.10. The van der Waals surface area contributed by atoms with Gasteiger partial charge in [0.15, 0.2) is 0 Å². The summed E-state index contributed by atoms with van der Waals surface area (Å²) in [6, 6.07) is 2.48. The van der Waals surface area contributed by atoms with Crippen molar-refractivity contribution in [3.8, 4) is 0 Å². The standard InChI is InChI=1S/C11H19BrN2S/c1-3-4-10(13)6-14(2)7-11-5-9(12)8-15-11/h5,8,10H,3-4,6-7,13H2,1-2H3. The van der Waals surface area contributed by atoms with E-state index < -0.39 is 0 Å². The van der Waals surface area contributed by atoms with Crippen LogP contribution in [0.4, 0.5) is 0 Å². The van der Waals surface area contributed by atoms with Gasteiger partial charge in [-0.1, -0.05) is 13.3 Å². The molecule has 0 amide bonds. The molecule has 15 heavy (non-hydrogen) atoms. The predicted molar refractivity (Wildman–Crippen MR) is 71.2 cm³/mol. The summed E-state index contributed by atoms with van der Waals surface area (Å²) in [6.07, 6.45) is 2.28. The van der Waals surface area contributed by atoms with E-state index in [1.54, 1.807) is 11.3 Å². The van der Waals surface area contributed by atoms with Gasteiger partial charge in [0.1, 0.15) is 0 Å². The number of thiophene rings is 1. The second-order valence-corrected chi connectivity index (χ2v) is 5.89. The van der Waals surface area contributed by atoms with Crippen LogP contribution in [0.5, 0.6) is 0 Å². The first-order chi connectivity index (χ1) is 7.11. The average molecular weight is 291 g/mol. The highest BCUT2D eigenvalue weighted by Crippen LogP contribution is 2.20. The molecule has 0 saturated carbocycles. The van der Waals surface area contributed by atoms with Crippen LogP contribution in [0.1, 0.15) is 24.6 Å². The first kappa shape index (κ1) is 13.2. The number of hydrogen-bond acceptors (Lipinski definition) is 3. The summed E-state index contributed by atoms with van der Waals surface area (Å²) >= 11 is 5.25. The van der Waals surface area contributed by atoms with Gasteiger partial charge >= 0.3 is 0 Å². The number of rotatable bonds is 6. The van der Waals surface area contributed by atoms with Gasteiger partial charge in [0.25, 0.3) is 0 Å². The quantitative estimate of drug-likeness (QED) is 0.872. The Morgan fingerprint density at radius 1 is 1.60 bits per heavy atom. The van der Waals surface area contributed by atoms with E-state index in [0.29, 0.717) is 6.04 Å². The van der Waals surface area contributed by atoms with E-state index in [1.807, 2.05) is 0 Å². The van der Waals surface area contributed by atoms with E-state index in [9.17, 15) is 0 Å². The third-order valence-corrected chi connectivity index (χ3v) is 3.94. The molecule has 0 aliphatic rings. The monoisotopic (exact) mass is 290 g/mol. The Bertz CT molecular complexity index is 288. The van der Waals surface area contributed by atoms with Crippen molar-refractivity contribution in [1.29, 1.82) is 0 Å². The zero-order valence-electron chi connectivity index (χ0n) is 9.37.